The molecule has 2 saturated heterocycles. The standard InChI is InChI=1S/C18H35NO3.C2H4O/c1-8-16(6)10-11-18(21-12-15(4,5)13-22-18)14(3)17(7,9-2)19(16)20;1-2-3/h14,20H,8-13H2,1-7H3;2H,1H3. The number of carbonyl (C=O) groups is 1. The molecule has 0 aromatic heterocycles. The van der Waals surface area contributed by atoms with Crippen LogP contribution in [0, 0.1) is 11.3 Å². The van der Waals surface area contributed by atoms with Gasteiger partial charge in [0.1, 0.15) is 6.29 Å². The molecular weight excluding hydrogens is 318 g/mol. The highest BCUT2D eigenvalue weighted by atomic mass is 16.7. The zero-order valence-electron chi connectivity index (χ0n) is 17.5. The quantitative estimate of drug-likeness (QED) is 0.741. The van der Waals surface area contributed by atoms with Crippen LogP contribution < -0.4 is 0 Å². The van der Waals surface area contributed by atoms with E-state index in [0.717, 1.165) is 32.0 Å². The third-order valence-corrected chi connectivity index (χ3v) is 6.49. The molecule has 0 amide bonds. The van der Waals surface area contributed by atoms with Crippen molar-refractivity contribution in [3.8, 4) is 0 Å². The van der Waals surface area contributed by atoms with Crippen LogP contribution >= 0.6 is 0 Å². The second-order valence-electron chi connectivity index (χ2n) is 8.88. The number of nitrogens with zero attached hydrogens (tertiary/aromatic N) is 1. The molecule has 3 unspecified atom stereocenters. The number of carbonyl (C=O) groups excluding carboxylic acids is 1. The Morgan fingerprint density at radius 3 is 1.96 bits per heavy atom. The first-order valence-corrected chi connectivity index (χ1v) is 9.64. The van der Waals surface area contributed by atoms with Gasteiger partial charge in [-0.05, 0) is 40.0 Å². The smallest absolute Gasteiger partial charge is 0.172 e. The number of hydrogen-bond acceptors (Lipinski definition) is 5. The van der Waals surface area contributed by atoms with E-state index < -0.39 is 5.79 Å². The van der Waals surface area contributed by atoms with E-state index in [4.69, 9.17) is 14.3 Å². The molecule has 2 aliphatic heterocycles. The summed E-state index contributed by atoms with van der Waals surface area (Å²) in [5.74, 6) is -0.478. The van der Waals surface area contributed by atoms with Crippen LogP contribution in [0.5, 0.6) is 0 Å². The zero-order valence-corrected chi connectivity index (χ0v) is 17.5. The highest BCUT2D eigenvalue weighted by Gasteiger charge is 2.58. The lowest BCUT2D eigenvalue weighted by Crippen LogP contribution is -2.62. The Morgan fingerprint density at radius 2 is 1.56 bits per heavy atom. The minimum atomic E-state index is -0.575. The van der Waals surface area contributed by atoms with E-state index in [9.17, 15) is 5.21 Å². The molecule has 2 rings (SSSR count). The largest absolute Gasteiger partial charge is 0.349 e. The number of hydrogen-bond donors (Lipinski definition) is 1. The van der Waals surface area contributed by atoms with Crippen molar-refractivity contribution in [1.29, 1.82) is 0 Å². The summed E-state index contributed by atoms with van der Waals surface area (Å²) in [6, 6.07) is 0. The van der Waals surface area contributed by atoms with Crippen LogP contribution in [0.15, 0.2) is 0 Å². The maximum Gasteiger partial charge on any atom is 0.172 e. The van der Waals surface area contributed by atoms with Crippen LogP contribution in [0.25, 0.3) is 0 Å². The summed E-state index contributed by atoms with van der Waals surface area (Å²) >= 11 is 0. The Kier molecular flexibility index (Phi) is 7.25. The van der Waals surface area contributed by atoms with Crippen molar-refractivity contribution in [2.45, 2.75) is 97.9 Å². The lowest BCUT2D eigenvalue weighted by molar-refractivity contribution is -0.341. The molecule has 2 fully saturated rings. The summed E-state index contributed by atoms with van der Waals surface area (Å²) in [5.41, 5.74) is -0.530. The summed E-state index contributed by atoms with van der Waals surface area (Å²) < 4.78 is 12.7. The molecule has 5 heteroatoms. The Hall–Kier alpha value is -0.490. The fraction of sp³-hybridized carbons (Fsp3) is 0.950. The average Bonchev–Trinajstić information content (AvgIpc) is 2.64. The van der Waals surface area contributed by atoms with Crippen LogP contribution in [-0.4, -0.2) is 46.6 Å². The van der Waals surface area contributed by atoms with Crippen molar-refractivity contribution in [1.82, 2.24) is 5.06 Å². The lowest BCUT2D eigenvalue weighted by atomic mass is 9.77. The first-order valence-electron chi connectivity index (χ1n) is 9.64. The van der Waals surface area contributed by atoms with Gasteiger partial charge in [0.05, 0.1) is 18.8 Å². The second-order valence-corrected chi connectivity index (χ2v) is 8.88. The molecule has 0 aliphatic carbocycles. The molecule has 1 spiro atoms. The van der Waals surface area contributed by atoms with Crippen LogP contribution in [-0.2, 0) is 14.3 Å². The van der Waals surface area contributed by atoms with Crippen LogP contribution in [0.3, 0.4) is 0 Å². The molecule has 148 valence electrons. The number of aldehydes is 1. The molecule has 2 aliphatic rings. The van der Waals surface area contributed by atoms with Crippen molar-refractivity contribution in [3.63, 3.8) is 0 Å². The Balaban J connectivity index is 0.000000970. The molecule has 0 bridgehead atoms. The third kappa shape index (κ3) is 4.26. The monoisotopic (exact) mass is 357 g/mol. The Bertz CT molecular complexity index is 443. The lowest BCUT2D eigenvalue weighted by Gasteiger charge is -2.52. The predicted molar refractivity (Wildman–Crippen MR) is 99.6 cm³/mol. The van der Waals surface area contributed by atoms with E-state index in [0.29, 0.717) is 13.2 Å². The molecule has 25 heavy (non-hydrogen) atoms. The predicted octanol–water partition coefficient (Wildman–Crippen LogP) is 4.42. The van der Waals surface area contributed by atoms with Gasteiger partial charge in [-0.25, -0.2) is 0 Å². The summed E-state index contributed by atoms with van der Waals surface area (Å²) in [4.78, 5) is 8.81. The van der Waals surface area contributed by atoms with Gasteiger partial charge in [0.15, 0.2) is 5.79 Å². The molecule has 0 aromatic rings. The van der Waals surface area contributed by atoms with E-state index >= 15 is 0 Å². The Labute approximate surface area is 154 Å². The highest BCUT2D eigenvalue weighted by Crippen LogP contribution is 2.50. The van der Waals surface area contributed by atoms with Gasteiger partial charge in [-0.1, -0.05) is 34.6 Å². The molecule has 1 N–H and O–H groups in total. The maximum atomic E-state index is 11.0. The number of hydroxylamine groups is 2. The normalized spacial score (nSPS) is 37.7. The van der Waals surface area contributed by atoms with Crippen molar-refractivity contribution in [2.24, 2.45) is 11.3 Å². The van der Waals surface area contributed by atoms with Gasteiger partial charge >= 0.3 is 0 Å². The fourth-order valence-corrected chi connectivity index (χ4v) is 3.93. The minimum absolute atomic E-state index is 0.0624. The second kappa shape index (κ2) is 8.03. The van der Waals surface area contributed by atoms with E-state index in [1.807, 2.05) is 0 Å². The molecule has 5 nitrogen and oxygen atoms in total. The molecule has 0 radical (unpaired) electrons. The van der Waals surface area contributed by atoms with Crippen molar-refractivity contribution >= 4 is 6.29 Å². The van der Waals surface area contributed by atoms with E-state index in [-0.39, 0.29) is 22.4 Å². The summed E-state index contributed by atoms with van der Waals surface area (Å²) in [5, 5.41) is 12.7. The number of ether oxygens (including phenoxy) is 2. The molecule has 3 atom stereocenters. The van der Waals surface area contributed by atoms with E-state index in [1.165, 1.54) is 6.92 Å². The molecular formula is C20H39NO4. The molecule has 2 heterocycles. The van der Waals surface area contributed by atoms with Crippen LogP contribution in [0.2, 0.25) is 0 Å². The topological polar surface area (TPSA) is 59.0 Å². The van der Waals surface area contributed by atoms with Crippen LogP contribution in [0.4, 0.5) is 0 Å². The first-order chi connectivity index (χ1) is 11.5. The Morgan fingerprint density at radius 1 is 1.08 bits per heavy atom. The van der Waals surface area contributed by atoms with Gasteiger partial charge in [-0.15, -0.1) is 0 Å². The van der Waals surface area contributed by atoms with E-state index in [1.54, 1.807) is 5.06 Å². The fourth-order valence-electron chi connectivity index (χ4n) is 3.93. The third-order valence-electron chi connectivity index (χ3n) is 6.49. The molecule has 0 aromatic carbocycles. The summed E-state index contributed by atoms with van der Waals surface area (Å²) in [6.45, 7) is 18.0. The highest BCUT2D eigenvalue weighted by molar-refractivity contribution is 5.44. The zero-order chi connectivity index (χ0) is 19.5. The average molecular weight is 358 g/mol. The molecule has 0 saturated carbocycles. The summed E-state index contributed by atoms with van der Waals surface area (Å²) in [7, 11) is 0. The van der Waals surface area contributed by atoms with E-state index in [2.05, 4.69) is 48.5 Å². The van der Waals surface area contributed by atoms with Gasteiger partial charge < -0.3 is 19.5 Å². The van der Waals surface area contributed by atoms with Crippen molar-refractivity contribution < 1.29 is 19.5 Å². The van der Waals surface area contributed by atoms with Crippen molar-refractivity contribution in [2.75, 3.05) is 13.2 Å². The first kappa shape index (κ1) is 22.6. The van der Waals surface area contributed by atoms with Gasteiger partial charge in [0.25, 0.3) is 0 Å². The summed E-state index contributed by atoms with van der Waals surface area (Å²) in [6.07, 6.45) is 4.23. The van der Waals surface area contributed by atoms with Gasteiger partial charge in [-0.3, -0.25) is 0 Å². The number of rotatable bonds is 2. The minimum Gasteiger partial charge on any atom is -0.349 e. The van der Waals surface area contributed by atoms with Gasteiger partial charge in [0.2, 0.25) is 0 Å². The van der Waals surface area contributed by atoms with Crippen LogP contribution in [0.1, 0.15) is 81.1 Å². The van der Waals surface area contributed by atoms with Gasteiger partial charge in [0, 0.05) is 23.3 Å². The van der Waals surface area contributed by atoms with Gasteiger partial charge in [-0.2, -0.15) is 5.06 Å². The maximum absolute atomic E-state index is 11.0. The SMILES string of the molecule is CC=O.CCC1(C)CCC2(OCC(C)(C)CO2)C(C)C(C)(CC)N1O. The van der Waals surface area contributed by atoms with Crippen molar-refractivity contribution in [3.05, 3.63) is 0 Å².